The molecule has 6 nitrogen and oxygen atoms in total. The van der Waals surface area contributed by atoms with E-state index in [4.69, 9.17) is 4.74 Å². The van der Waals surface area contributed by atoms with Crippen LogP contribution in [0.15, 0.2) is 36.7 Å². The number of anilines is 2. The van der Waals surface area contributed by atoms with Crippen molar-refractivity contribution >= 4 is 11.6 Å². The van der Waals surface area contributed by atoms with Crippen LogP contribution in [0.25, 0.3) is 0 Å². The van der Waals surface area contributed by atoms with Crippen LogP contribution < -0.4 is 10.2 Å². The number of nitrogens with zero attached hydrogens (tertiary/aromatic N) is 4. The molecule has 0 unspecified atom stereocenters. The Morgan fingerprint density at radius 3 is 2.76 bits per heavy atom. The summed E-state index contributed by atoms with van der Waals surface area (Å²) in [6, 6.07) is 10.7. The molecule has 1 fully saturated rings. The molecule has 134 valence electrons. The van der Waals surface area contributed by atoms with Crippen LogP contribution in [0.3, 0.4) is 0 Å². The number of hydrogen-bond acceptors (Lipinski definition) is 6. The fraction of sp³-hybridized carbons (Fsp3) is 0.474. The number of rotatable bonds is 7. The normalized spacial score (nSPS) is 14.8. The second kappa shape index (κ2) is 8.78. The molecule has 2 aromatic rings. The first-order chi connectivity index (χ1) is 12.2. The van der Waals surface area contributed by atoms with Crippen molar-refractivity contribution in [1.82, 2.24) is 14.9 Å². The zero-order chi connectivity index (χ0) is 17.5. The molecule has 1 aliphatic rings. The van der Waals surface area contributed by atoms with Crippen LogP contribution in [-0.4, -0.2) is 54.8 Å². The Kier molecular flexibility index (Phi) is 6.19. The molecule has 6 heteroatoms. The molecule has 1 saturated heterocycles. The third-order valence-corrected chi connectivity index (χ3v) is 4.45. The molecule has 0 radical (unpaired) electrons. The minimum atomic E-state index is 0.753. The van der Waals surface area contributed by atoms with Gasteiger partial charge in [0, 0.05) is 32.2 Å². The van der Waals surface area contributed by atoms with Crippen molar-refractivity contribution in [3.05, 3.63) is 47.8 Å². The summed E-state index contributed by atoms with van der Waals surface area (Å²) in [6.07, 6.45) is 1.62. The first-order valence-corrected chi connectivity index (χ1v) is 8.89. The highest BCUT2D eigenvalue weighted by Crippen LogP contribution is 2.16. The molecule has 3 rings (SSSR count). The minimum Gasteiger partial charge on any atom is -0.378 e. The summed E-state index contributed by atoms with van der Waals surface area (Å²) in [4.78, 5) is 13.3. The van der Waals surface area contributed by atoms with Gasteiger partial charge in [0.05, 0.1) is 13.2 Å². The van der Waals surface area contributed by atoms with E-state index in [9.17, 15) is 0 Å². The fourth-order valence-electron chi connectivity index (χ4n) is 2.86. The highest BCUT2D eigenvalue weighted by Gasteiger charge is 2.12. The Hall–Kier alpha value is -2.18. The van der Waals surface area contributed by atoms with Crippen molar-refractivity contribution in [2.75, 3.05) is 50.1 Å². The van der Waals surface area contributed by atoms with Gasteiger partial charge < -0.3 is 19.9 Å². The van der Waals surface area contributed by atoms with Gasteiger partial charge in [-0.05, 0) is 24.7 Å². The van der Waals surface area contributed by atoms with Crippen molar-refractivity contribution in [1.29, 1.82) is 0 Å². The first-order valence-electron chi connectivity index (χ1n) is 8.89. The molecular formula is C19H27N5O. The molecule has 1 aromatic heterocycles. The average Bonchev–Trinajstić information content (AvgIpc) is 2.67. The van der Waals surface area contributed by atoms with Crippen LogP contribution in [0.5, 0.6) is 0 Å². The van der Waals surface area contributed by atoms with E-state index >= 15 is 0 Å². The third kappa shape index (κ3) is 5.14. The summed E-state index contributed by atoms with van der Waals surface area (Å²) >= 11 is 0. The lowest BCUT2D eigenvalue weighted by atomic mass is 10.1. The maximum atomic E-state index is 5.40. The monoisotopic (exact) mass is 341 g/mol. The Labute approximate surface area is 149 Å². The highest BCUT2D eigenvalue weighted by atomic mass is 16.5. The van der Waals surface area contributed by atoms with Crippen molar-refractivity contribution < 1.29 is 4.74 Å². The van der Waals surface area contributed by atoms with E-state index in [0.29, 0.717) is 0 Å². The van der Waals surface area contributed by atoms with E-state index < -0.39 is 0 Å². The average molecular weight is 341 g/mol. The minimum absolute atomic E-state index is 0.753. The Morgan fingerprint density at radius 2 is 1.96 bits per heavy atom. The molecule has 0 atom stereocenters. The van der Waals surface area contributed by atoms with Crippen LogP contribution in [0.1, 0.15) is 18.1 Å². The molecule has 1 aromatic carbocycles. The van der Waals surface area contributed by atoms with Crippen molar-refractivity contribution in [3.63, 3.8) is 0 Å². The molecule has 0 aliphatic carbocycles. The lowest BCUT2D eigenvalue weighted by Gasteiger charge is -2.27. The molecule has 2 heterocycles. The lowest BCUT2D eigenvalue weighted by Crippen LogP contribution is -2.36. The quantitative estimate of drug-likeness (QED) is 0.834. The summed E-state index contributed by atoms with van der Waals surface area (Å²) in [5.74, 6) is 1.81. The van der Waals surface area contributed by atoms with E-state index in [1.54, 1.807) is 6.33 Å². The number of morpholine rings is 1. The maximum Gasteiger partial charge on any atom is 0.134 e. The van der Waals surface area contributed by atoms with Crippen LogP contribution >= 0.6 is 0 Å². The summed E-state index contributed by atoms with van der Waals surface area (Å²) in [5.41, 5.74) is 2.59. The smallest absolute Gasteiger partial charge is 0.134 e. The van der Waals surface area contributed by atoms with E-state index in [-0.39, 0.29) is 0 Å². The zero-order valence-electron chi connectivity index (χ0n) is 15.1. The molecule has 0 spiro atoms. The second-order valence-corrected chi connectivity index (χ2v) is 6.36. The van der Waals surface area contributed by atoms with Crippen LogP contribution in [-0.2, 0) is 17.8 Å². The van der Waals surface area contributed by atoms with Crippen LogP contribution in [0.2, 0.25) is 0 Å². The third-order valence-electron chi connectivity index (χ3n) is 4.45. The van der Waals surface area contributed by atoms with Crippen LogP contribution in [0, 0.1) is 0 Å². The number of nitrogens with one attached hydrogen (secondary N) is 1. The largest absolute Gasteiger partial charge is 0.378 e. The van der Waals surface area contributed by atoms with Gasteiger partial charge in [0.15, 0.2) is 0 Å². The Bertz CT molecular complexity index is 672. The van der Waals surface area contributed by atoms with Gasteiger partial charge in [0.2, 0.25) is 0 Å². The van der Waals surface area contributed by atoms with E-state index in [1.807, 2.05) is 6.07 Å². The van der Waals surface area contributed by atoms with E-state index in [1.165, 1.54) is 11.1 Å². The van der Waals surface area contributed by atoms with E-state index in [2.05, 4.69) is 63.3 Å². The van der Waals surface area contributed by atoms with Crippen molar-refractivity contribution in [2.45, 2.75) is 20.0 Å². The summed E-state index contributed by atoms with van der Waals surface area (Å²) in [5, 5.41) is 3.41. The molecule has 0 saturated carbocycles. The standard InChI is InChI=1S/C19H27N5O/c1-3-23(2)14-17-6-4-5-16(11-17)13-20-18-12-19(22-15-21-18)24-7-9-25-10-8-24/h4-6,11-12,15H,3,7-10,13-14H2,1-2H3,(H,20,21,22). The van der Waals surface area contributed by atoms with Gasteiger partial charge >= 0.3 is 0 Å². The molecular weight excluding hydrogens is 314 g/mol. The Balaban J connectivity index is 1.60. The summed E-state index contributed by atoms with van der Waals surface area (Å²) in [7, 11) is 2.14. The highest BCUT2D eigenvalue weighted by molar-refractivity contribution is 5.49. The molecule has 25 heavy (non-hydrogen) atoms. The van der Waals surface area contributed by atoms with Crippen molar-refractivity contribution in [3.8, 4) is 0 Å². The van der Waals surface area contributed by atoms with Gasteiger partial charge in [0.1, 0.15) is 18.0 Å². The summed E-state index contributed by atoms with van der Waals surface area (Å²) < 4.78 is 5.40. The van der Waals surface area contributed by atoms with Gasteiger partial charge in [-0.1, -0.05) is 31.2 Å². The molecule has 0 bridgehead atoms. The van der Waals surface area contributed by atoms with E-state index in [0.717, 1.165) is 57.6 Å². The predicted molar refractivity (Wildman–Crippen MR) is 101 cm³/mol. The van der Waals surface area contributed by atoms with Gasteiger partial charge in [-0.2, -0.15) is 0 Å². The number of benzene rings is 1. The van der Waals surface area contributed by atoms with Gasteiger partial charge in [0.25, 0.3) is 0 Å². The SMILES string of the molecule is CCN(C)Cc1cccc(CNc2cc(N3CCOCC3)ncn2)c1. The summed E-state index contributed by atoms with van der Waals surface area (Å²) in [6.45, 7) is 8.22. The maximum absolute atomic E-state index is 5.40. The van der Waals surface area contributed by atoms with Gasteiger partial charge in [-0.15, -0.1) is 0 Å². The second-order valence-electron chi connectivity index (χ2n) is 6.36. The lowest BCUT2D eigenvalue weighted by molar-refractivity contribution is 0.122. The van der Waals surface area contributed by atoms with Gasteiger partial charge in [-0.25, -0.2) is 9.97 Å². The fourth-order valence-corrected chi connectivity index (χ4v) is 2.86. The zero-order valence-corrected chi connectivity index (χ0v) is 15.1. The molecule has 1 N–H and O–H groups in total. The van der Waals surface area contributed by atoms with Crippen molar-refractivity contribution in [2.24, 2.45) is 0 Å². The molecule has 0 amide bonds. The predicted octanol–water partition coefficient (Wildman–Crippen LogP) is 2.38. The number of hydrogen-bond donors (Lipinski definition) is 1. The van der Waals surface area contributed by atoms with Crippen LogP contribution in [0.4, 0.5) is 11.6 Å². The molecule has 1 aliphatic heterocycles. The van der Waals surface area contributed by atoms with Gasteiger partial charge in [-0.3, -0.25) is 0 Å². The topological polar surface area (TPSA) is 53.5 Å². The number of ether oxygens (including phenoxy) is 1. The first kappa shape index (κ1) is 17.6. The Morgan fingerprint density at radius 1 is 1.16 bits per heavy atom. The number of aromatic nitrogens is 2.